The van der Waals surface area contributed by atoms with Crippen molar-refractivity contribution in [2.24, 2.45) is 0 Å². The highest BCUT2D eigenvalue weighted by Gasteiger charge is 2.20. The summed E-state index contributed by atoms with van der Waals surface area (Å²) < 4.78 is 4.94. The Bertz CT molecular complexity index is 772. The van der Waals surface area contributed by atoms with E-state index in [-0.39, 0.29) is 28.0 Å². The summed E-state index contributed by atoms with van der Waals surface area (Å²) >= 11 is 0. The number of ketones is 1. The van der Waals surface area contributed by atoms with Gasteiger partial charge in [0.15, 0.2) is 5.78 Å². The molecule has 0 unspecified atom stereocenters. The molecule has 8 nitrogen and oxygen atoms in total. The molecule has 1 rings (SSSR count). The second-order valence-corrected chi connectivity index (χ2v) is 6.58. The Morgan fingerprint density at radius 3 is 2.28 bits per heavy atom. The van der Waals surface area contributed by atoms with Crippen LogP contribution in [0.15, 0.2) is 30.4 Å². The van der Waals surface area contributed by atoms with Crippen LogP contribution in [0.1, 0.15) is 63.7 Å². The monoisotopic (exact) mass is 404 g/mol. The van der Waals surface area contributed by atoms with Crippen molar-refractivity contribution in [2.45, 2.75) is 32.6 Å². The molecular formula is C21H28N2O6. The Morgan fingerprint density at radius 2 is 1.69 bits per heavy atom. The quantitative estimate of drug-likeness (QED) is 0.199. The molecule has 0 spiro atoms. The molecule has 0 aliphatic rings. The molecule has 0 heterocycles. The van der Waals surface area contributed by atoms with Crippen LogP contribution in [-0.4, -0.2) is 55.5 Å². The number of ether oxygens (including phenoxy) is 1. The summed E-state index contributed by atoms with van der Waals surface area (Å²) in [6.07, 6.45) is 3.89. The van der Waals surface area contributed by atoms with Crippen molar-refractivity contribution in [1.29, 1.82) is 0 Å². The van der Waals surface area contributed by atoms with E-state index in [1.165, 1.54) is 25.1 Å². The van der Waals surface area contributed by atoms with E-state index in [2.05, 4.69) is 17.2 Å². The Labute approximate surface area is 170 Å². The number of unbranched alkanes of at least 4 members (excludes halogenated alkanes) is 3. The number of carboxylic acids is 1. The number of benzene rings is 1. The number of esters is 1. The van der Waals surface area contributed by atoms with Gasteiger partial charge in [-0.15, -0.1) is 0 Å². The molecule has 158 valence electrons. The highest BCUT2D eigenvalue weighted by Crippen LogP contribution is 2.15. The van der Waals surface area contributed by atoms with Crippen LogP contribution in [0, 0.1) is 0 Å². The SMILES string of the molecule is C=C(COC(=O)c1cc(C(C)=O)ccc1C(=O)NCCCCCCNC)C(=O)O. The average Bonchev–Trinajstić information content (AvgIpc) is 2.70. The van der Waals surface area contributed by atoms with Crippen molar-refractivity contribution < 1.29 is 29.0 Å². The summed E-state index contributed by atoms with van der Waals surface area (Å²) in [6.45, 7) is 5.51. The summed E-state index contributed by atoms with van der Waals surface area (Å²) in [7, 11) is 1.90. The first-order valence-corrected chi connectivity index (χ1v) is 9.44. The van der Waals surface area contributed by atoms with E-state index in [1.54, 1.807) is 0 Å². The minimum Gasteiger partial charge on any atom is -0.478 e. The van der Waals surface area contributed by atoms with Crippen LogP contribution in [0.4, 0.5) is 0 Å². The number of hydrogen-bond acceptors (Lipinski definition) is 6. The second-order valence-electron chi connectivity index (χ2n) is 6.58. The molecule has 0 bridgehead atoms. The normalized spacial score (nSPS) is 10.3. The lowest BCUT2D eigenvalue weighted by atomic mass is 10.0. The molecule has 3 N–H and O–H groups in total. The van der Waals surface area contributed by atoms with Gasteiger partial charge < -0.3 is 20.5 Å². The lowest BCUT2D eigenvalue weighted by Gasteiger charge is -2.12. The van der Waals surface area contributed by atoms with Gasteiger partial charge in [-0.2, -0.15) is 0 Å². The summed E-state index contributed by atoms with van der Waals surface area (Å²) in [5.74, 6) is -2.92. The maximum atomic E-state index is 12.5. The first kappa shape index (κ1) is 24.0. The van der Waals surface area contributed by atoms with Gasteiger partial charge in [0.05, 0.1) is 16.7 Å². The molecule has 1 aromatic carbocycles. The first-order chi connectivity index (χ1) is 13.8. The summed E-state index contributed by atoms with van der Waals surface area (Å²) in [5, 5.41) is 14.6. The zero-order valence-electron chi connectivity index (χ0n) is 16.9. The smallest absolute Gasteiger partial charge is 0.339 e. The minimum absolute atomic E-state index is 0.0659. The van der Waals surface area contributed by atoms with Crippen LogP contribution in [0.2, 0.25) is 0 Å². The molecule has 0 saturated heterocycles. The number of hydrogen-bond donors (Lipinski definition) is 3. The zero-order chi connectivity index (χ0) is 21.8. The van der Waals surface area contributed by atoms with Gasteiger partial charge in [-0.1, -0.05) is 25.5 Å². The van der Waals surface area contributed by atoms with E-state index in [0.29, 0.717) is 6.54 Å². The van der Waals surface area contributed by atoms with Gasteiger partial charge in [-0.25, -0.2) is 9.59 Å². The number of carboxylic acid groups (broad SMARTS) is 1. The predicted octanol–water partition coefficient (Wildman–Crippen LogP) is 2.20. The fourth-order valence-corrected chi connectivity index (χ4v) is 2.50. The van der Waals surface area contributed by atoms with Crippen molar-refractivity contribution in [2.75, 3.05) is 26.7 Å². The molecule has 29 heavy (non-hydrogen) atoms. The largest absolute Gasteiger partial charge is 0.478 e. The van der Waals surface area contributed by atoms with Crippen LogP contribution in [0.3, 0.4) is 0 Å². The third-order valence-corrected chi connectivity index (χ3v) is 4.21. The predicted molar refractivity (Wildman–Crippen MR) is 108 cm³/mol. The van der Waals surface area contributed by atoms with E-state index < -0.39 is 24.5 Å². The number of amides is 1. The summed E-state index contributed by atoms with van der Waals surface area (Å²) in [5.41, 5.74) is -0.0843. The molecule has 1 aromatic rings. The maximum Gasteiger partial charge on any atom is 0.339 e. The zero-order valence-corrected chi connectivity index (χ0v) is 16.9. The lowest BCUT2D eigenvalue weighted by molar-refractivity contribution is -0.133. The van der Waals surface area contributed by atoms with Crippen molar-refractivity contribution in [3.05, 3.63) is 47.0 Å². The number of aliphatic carboxylic acids is 1. The number of carbonyl (C=O) groups excluding carboxylic acids is 3. The van der Waals surface area contributed by atoms with Crippen LogP contribution in [0.25, 0.3) is 0 Å². The Hall–Kier alpha value is -3.00. The average molecular weight is 404 g/mol. The maximum absolute atomic E-state index is 12.5. The van der Waals surface area contributed by atoms with E-state index in [4.69, 9.17) is 9.84 Å². The number of nitrogens with one attached hydrogen (secondary N) is 2. The number of rotatable bonds is 13. The molecule has 8 heteroatoms. The molecule has 0 atom stereocenters. The third-order valence-electron chi connectivity index (χ3n) is 4.21. The van der Waals surface area contributed by atoms with Crippen molar-refractivity contribution in [3.8, 4) is 0 Å². The van der Waals surface area contributed by atoms with Gasteiger partial charge in [-0.3, -0.25) is 9.59 Å². The number of Topliss-reactive ketones (excluding diaryl/α,β-unsaturated/α-hetero) is 1. The van der Waals surface area contributed by atoms with Crippen molar-refractivity contribution in [1.82, 2.24) is 10.6 Å². The van der Waals surface area contributed by atoms with E-state index in [9.17, 15) is 19.2 Å². The molecular weight excluding hydrogens is 376 g/mol. The van der Waals surface area contributed by atoms with E-state index >= 15 is 0 Å². The molecule has 0 aromatic heterocycles. The van der Waals surface area contributed by atoms with Gasteiger partial charge >= 0.3 is 11.9 Å². The van der Waals surface area contributed by atoms with Crippen LogP contribution in [0.5, 0.6) is 0 Å². The molecule has 1 amide bonds. The fraction of sp³-hybridized carbons (Fsp3) is 0.429. The standard InChI is InChI=1S/C21H28N2O6/c1-14(20(26)27)13-29-21(28)18-12-16(15(2)24)8-9-17(18)19(25)23-11-7-5-4-6-10-22-3/h8-9,12,22H,1,4-7,10-11,13H2,2-3H3,(H,23,25)(H,26,27). The highest BCUT2D eigenvalue weighted by molar-refractivity contribution is 6.07. The van der Waals surface area contributed by atoms with E-state index in [1.807, 2.05) is 7.05 Å². The highest BCUT2D eigenvalue weighted by atomic mass is 16.5. The van der Waals surface area contributed by atoms with Gasteiger partial charge in [-0.05, 0) is 45.5 Å². The van der Waals surface area contributed by atoms with Crippen molar-refractivity contribution in [3.63, 3.8) is 0 Å². The third kappa shape index (κ3) is 8.27. The van der Waals surface area contributed by atoms with Crippen LogP contribution >= 0.6 is 0 Å². The molecule has 0 aliphatic heterocycles. The summed E-state index contributed by atoms with van der Waals surface area (Å²) in [6, 6.07) is 4.13. The van der Waals surface area contributed by atoms with Crippen molar-refractivity contribution >= 4 is 23.6 Å². The molecule has 0 radical (unpaired) electrons. The van der Waals surface area contributed by atoms with Crippen LogP contribution in [-0.2, 0) is 9.53 Å². The second kappa shape index (κ2) is 12.5. The van der Waals surface area contributed by atoms with Gasteiger partial charge in [0, 0.05) is 12.1 Å². The molecule has 0 aliphatic carbocycles. The fourth-order valence-electron chi connectivity index (χ4n) is 2.50. The molecule has 0 saturated carbocycles. The topological polar surface area (TPSA) is 122 Å². The lowest BCUT2D eigenvalue weighted by Crippen LogP contribution is -2.27. The van der Waals surface area contributed by atoms with Gasteiger partial charge in [0.25, 0.3) is 5.91 Å². The Balaban J connectivity index is 2.80. The Kier molecular flexibility index (Phi) is 10.3. The number of carbonyl (C=O) groups is 4. The minimum atomic E-state index is -1.29. The Morgan fingerprint density at radius 1 is 1.03 bits per heavy atom. The van der Waals surface area contributed by atoms with E-state index in [0.717, 1.165) is 32.2 Å². The molecule has 0 fully saturated rings. The summed E-state index contributed by atoms with van der Waals surface area (Å²) in [4.78, 5) is 47.3. The van der Waals surface area contributed by atoms with Gasteiger partial charge in [0.1, 0.15) is 6.61 Å². The van der Waals surface area contributed by atoms with Gasteiger partial charge in [0.2, 0.25) is 0 Å². The van der Waals surface area contributed by atoms with Crippen LogP contribution < -0.4 is 10.6 Å². The first-order valence-electron chi connectivity index (χ1n) is 9.44.